The van der Waals surface area contributed by atoms with Gasteiger partial charge in [-0.2, -0.15) is 0 Å². The molecule has 0 fully saturated rings. The van der Waals surface area contributed by atoms with Crippen molar-refractivity contribution in [1.29, 1.82) is 0 Å². The summed E-state index contributed by atoms with van der Waals surface area (Å²) in [4.78, 5) is 4.13. The Labute approximate surface area is 103 Å². The number of rotatable bonds is 3. The first-order valence-corrected chi connectivity index (χ1v) is 5.98. The van der Waals surface area contributed by atoms with Crippen molar-refractivity contribution in [3.05, 3.63) is 39.3 Å². The number of aromatic nitrogens is 1. The average molecular weight is 255 g/mol. The summed E-state index contributed by atoms with van der Waals surface area (Å²) in [6, 6.07) is 5.49. The number of phenols is 1. The number of aromatic hydroxyl groups is 1. The largest absolute Gasteiger partial charge is 0.508 e. The van der Waals surface area contributed by atoms with Crippen molar-refractivity contribution < 1.29 is 5.11 Å². The zero-order chi connectivity index (χ0) is 11.5. The summed E-state index contributed by atoms with van der Waals surface area (Å²) in [6.07, 6.45) is 1.63. The summed E-state index contributed by atoms with van der Waals surface area (Å²) < 4.78 is 0.684. The molecule has 0 bridgehead atoms. The second-order valence-electron chi connectivity index (χ2n) is 3.41. The van der Waals surface area contributed by atoms with Crippen LogP contribution in [0.2, 0.25) is 4.34 Å². The average Bonchev–Trinajstić information content (AvgIpc) is 2.66. The van der Waals surface area contributed by atoms with Gasteiger partial charge in [-0.15, -0.1) is 11.3 Å². The Kier molecular flexibility index (Phi) is 3.31. The maximum atomic E-state index is 9.53. The number of phenolic OH excluding ortho intramolecular Hbond substituents is 1. The molecule has 1 aromatic carbocycles. The van der Waals surface area contributed by atoms with Gasteiger partial charge in [0.05, 0.1) is 12.7 Å². The number of hydrogen-bond acceptors (Lipinski definition) is 4. The summed E-state index contributed by atoms with van der Waals surface area (Å²) in [5, 5.41) is 13.6. The second kappa shape index (κ2) is 4.72. The lowest BCUT2D eigenvalue weighted by atomic mass is 10.2. The van der Waals surface area contributed by atoms with Gasteiger partial charge in [0, 0.05) is 11.8 Å². The van der Waals surface area contributed by atoms with E-state index in [1.807, 2.05) is 19.1 Å². The second-order valence-corrected chi connectivity index (χ2v) is 5.16. The minimum Gasteiger partial charge on any atom is -0.508 e. The predicted molar refractivity (Wildman–Crippen MR) is 67.3 cm³/mol. The lowest BCUT2D eigenvalue weighted by Gasteiger charge is -2.05. The van der Waals surface area contributed by atoms with Gasteiger partial charge < -0.3 is 10.4 Å². The Morgan fingerprint density at radius 3 is 2.94 bits per heavy atom. The summed E-state index contributed by atoms with van der Waals surface area (Å²) >= 11 is 7.22. The van der Waals surface area contributed by atoms with E-state index >= 15 is 0 Å². The first kappa shape index (κ1) is 11.2. The van der Waals surface area contributed by atoms with Crippen molar-refractivity contribution in [2.24, 2.45) is 0 Å². The molecule has 0 amide bonds. The number of aryl methyl sites for hydroxylation is 1. The molecule has 1 aromatic heterocycles. The number of nitrogens with zero attached hydrogens (tertiary/aromatic N) is 1. The zero-order valence-corrected chi connectivity index (χ0v) is 10.3. The van der Waals surface area contributed by atoms with Crippen LogP contribution >= 0.6 is 22.9 Å². The highest BCUT2D eigenvalue weighted by molar-refractivity contribution is 7.15. The Morgan fingerprint density at radius 1 is 1.50 bits per heavy atom. The number of benzene rings is 1. The third-order valence-corrected chi connectivity index (χ3v) is 3.29. The molecule has 2 rings (SSSR count). The van der Waals surface area contributed by atoms with Gasteiger partial charge in [-0.1, -0.05) is 17.7 Å². The standard InChI is InChI=1S/C11H11ClN2OS/c1-7-2-3-8(4-9(7)15)13-6-11-14-5-10(12)16-11/h2-5,13,15H,6H2,1H3. The fraction of sp³-hybridized carbons (Fsp3) is 0.182. The molecule has 0 radical (unpaired) electrons. The maximum absolute atomic E-state index is 9.53. The summed E-state index contributed by atoms with van der Waals surface area (Å²) in [5.74, 6) is 0.294. The number of nitrogens with one attached hydrogen (secondary N) is 1. The fourth-order valence-electron chi connectivity index (χ4n) is 1.27. The topological polar surface area (TPSA) is 45.2 Å². The van der Waals surface area contributed by atoms with E-state index in [0.717, 1.165) is 16.3 Å². The van der Waals surface area contributed by atoms with E-state index in [9.17, 15) is 5.11 Å². The van der Waals surface area contributed by atoms with Gasteiger partial charge in [0.2, 0.25) is 0 Å². The van der Waals surface area contributed by atoms with Crippen LogP contribution in [0.15, 0.2) is 24.4 Å². The molecule has 0 aliphatic heterocycles. The Bertz CT molecular complexity index is 498. The van der Waals surface area contributed by atoms with Crippen LogP contribution in [0.3, 0.4) is 0 Å². The minimum absolute atomic E-state index is 0.294. The molecule has 84 valence electrons. The molecule has 0 aliphatic carbocycles. The van der Waals surface area contributed by atoms with Crippen LogP contribution < -0.4 is 5.32 Å². The van der Waals surface area contributed by atoms with Crippen molar-refractivity contribution in [3.8, 4) is 5.75 Å². The molecule has 5 heteroatoms. The van der Waals surface area contributed by atoms with E-state index in [-0.39, 0.29) is 0 Å². The molecule has 0 atom stereocenters. The third kappa shape index (κ3) is 2.65. The van der Waals surface area contributed by atoms with Crippen LogP contribution in [0.4, 0.5) is 5.69 Å². The van der Waals surface area contributed by atoms with E-state index in [1.54, 1.807) is 12.3 Å². The van der Waals surface area contributed by atoms with Crippen LogP contribution in [0.5, 0.6) is 5.75 Å². The lowest BCUT2D eigenvalue weighted by Crippen LogP contribution is -1.98. The molecule has 1 heterocycles. The van der Waals surface area contributed by atoms with E-state index in [0.29, 0.717) is 16.6 Å². The van der Waals surface area contributed by atoms with Gasteiger partial charge in [-0.3, -0.25) is 0 Å². The molecule has 0 saturated heterocycles. The van der Waals surface area contributed by atoms with Crippen molar-refractivity contribution in [2.45, 2.75) is 13.5 Å². The SMILES string of the molecule is Cc1ccc(NCc2ncc(Cl)s2)cc1O. The van der Waals surface area contributed by atoms with Gasteiger partial charge >= 0.3 is 0 Å². The normalized spacial score (nSPS) is 10.4. The van der Waals surface area contributed by atoms with Gasteiger partial charge in [0.25, 0.3) is 0 Å². The summed E-state index contributed by atoms with van der Waals surface area (Å²) in [7, 11) is 0. The quantitative estimate of drug-likeness (QED) is 0.882. The molecular formula is C11H11ClN2OS. The van der Waals surface area contributed by atoms with E-state index in [2.05, 4.69) is 10.3 Å². The van der Waals surface area contributed by atoms with E-state index in [1.165, 1.54) is 11.3 Å². The number of halogens is 1. The van der Waals surface area contributed by atoms with Gasteiger partial charge in [0.1, 0.15) is 15.1 Å². The van der Waals surface area contributed by atoms with Crippen LogP contribution in [-0.2, 0) is 6.54 Å². The highest BCUT2D eigenvalue weighted by Crippen LogP contribution is 2.23. The lowest BCUT2D eigenvalue weighted by molar-refractivity contribution is 0.471. The predicted octanol–water partition coefficient (Wildman–Crippen LogP) is 3.42. The molecular weight excluding hydrogens is 244 g/mol. The molecule has 16 heavy (non-hydrogen) atoms. The molecule has 0 saturated carbocycles. The van der Waals surface area contributed by atoms with E-state index in [4.69, 9.17) is 11.6 Å². The Hall–Kier alpha value is -1.26. The molecule has 2 aromatic rings. The fourth-order valence-corrected chi connectivity index (χ4v) is 2.16. The smallest absolute Gasteiger partial charge is 0.120 e. The minimum atomic E-state index is 0.294. The summed E-state index contributed by atoms with van der Waals surface area (Å²) in [6.45, 7) is 2.47. The zero-order valence-electron chi connectivity index (χ0n) is 8.70. The van der Waals surface area contributed by atoms with Gasteiger partial charge in [-0.05, 0) is 18.6 Å². The van der Waals surface area contributed by atoms with Crippen molar-refractivity contribution in [2.75, 3.05) is 5.32 Å². The van der Waals surface area contributed by atoms with Crippen molar-refractivity contribution >= 4 is 28.6 Å². The first-order valence-electron chi connectivity index (χ1n) is 4.79. The van der Waals surface area contributed by atoms with Crippen LogP contribution in [0.25, 0.3) is 0 Å². The first-order chi connectivity index (χ1) is 7.65. The Morgan fingerprint density at radius 2 is 2.31 bits per heavy atom. The monoisotopic (exact) mass is 254 g/mol. The van der Waals surface area contributed by atoms with Crippen molar-refractivity contribution in [1.82, 2.24) is 4.98 Å². The highest BCUT2D eigenvalue weighted by Gasteiger charge is 2.01. The van der Waals surface area contributed by atoms with E-state index < -0.39 is 0 Å². The molecule has 0 unspecified atom stereocenters. The maximum Gasteiger partial charge on any atom is 0.120 e. The van der Waals surface area contributed by atoms with Crippen LogP contribution in [-0.4, -0.2) is 10.1 Å². The number of thiazole rings is 1. The van der Waals surface area contributed by atoms with Crippen LogP contribution in [0.1, 0.15) is 10.6 Å². The van der Waals surface area contributed by atoms with Crippen molar-refractivity contribution in [3.63, 3.8) is 0 Å². The third-order valence-electron chi connectivity index (χ3n) is 2.18. The number of hydrogen-bond donors (Lipinski definition) is 2. The van der Waals surface area contributed by atoms with Gasteiger partial charge in [0.15, 0.2) is 0 Å². The Balaban J connectivity index is 2.02. The highest BCUT2D eigenvalue weighted by atomic mass is 35.5. The number of anilines is 1. The van der Waals surface area contributed by atoms with Crippen LogP contribution in [0, 0.1) is 6.92 Å². The molecule has 3 nitrogen and oxygen atoms in total. The molecule has 0 aliphatic rings. The molecule has 0 spiro atoms. The summed E-state index contributed by atoms with van der Waals surface area (Å²) in [5.41, 5.74) is 1.73. The van der Waals surface area contributed by atoms with Gasteiger partial charge in [-0.25, -0.2) is 4.98 Å². The molecule has 2 N–H and O–H groups in total.